The van der Waals surface area contributed by atoms with Crippen molar-refractivity contribution < 1.29 is 22.4 Å². The van der Waals surface area contributed by atoms with Crippen LogP contribution in [0.4, 0.5) is 28.9 Å². The van der Waals surface area contributed by atoms with Crippen molar-refractivity contribution in [3.63, 3.8) is 0 Å². The standard InChI is InChI=1S/C13H8F4N2O/c14-6-2-1-3-7(15)12(6)13(20)19-11-5-10(18)8(16)4-9(11)17/h1-5H,18H2,(H,19,20). The molecule has 0 heterocycles. The van der Waals surface area contributed by atoms with Crippen LogP contribution in [0.1, 0.15) is 10.4 Å². The molecule has 7 heteroatoms. The Balaban J connectivity index is 2.35. The highest BCUT2D eigenvalue weighted by atomic mass is 19.1. The SMILES string of the molecule is Nc1cc(NC(=O)c2c(F)cccc2F)c(F)cc1F. The molecule has 2 aromatic rings. The summed E-state index contributed by atoms with van der Waals surface area (Å²) in [5.74, 6) is -5.51. The number of hydrogen-bond donors (Lipinski definition) is 2. The van der Waals surface area contributed by atoms with E-state index in [1.54, 1.807) is 0 Å². The molecule has 0 aromatic heterocycles. The second-order valence-electron chi connectivity index (χ2n) is 3.90. The fourth-order valence-electron chi connectivity index (χ4n) is 1.56. The molecule has 0 radical (unpaired) electrons. The lowest BCUT2D eigenvalue weighted by molar-refractivity contribution is 0.101. The molecule has 0 bridgehead atoms. The number of nitrogens with one attached hydrogen (secondary N) is 1. The second-order valence-corrected chi connectivity index (χ2v) is 3.90. The van der Waals surface area contributed by atoms with Crippen molar-refractivity contribution in [3.8, 4) is 0 Å². The van der Waals surface area contributed by atoms with Gasteiger partial charge in [-0.15, -0.1) is 0 Å². The highest BCUT2D eigenvalue weighted by molar-refractivity contribution is 6.04. The van der Waals surface area contributed by atoms with Crippen LogP contribution in [0.2, 0.25) is 0 Å². The average molecular weight is 284 g/mol. The van der Waals surface area contributed by atoms with Gasteiger partial charge in [-0.1, -0.05) is 6.07 Å². The number of rotatable bonds is 2. The molecule has 20 heavy (non-hydrogen) atoms. The van der Waals surface area contributed by atoms with Crippen LogP contribution in [0.3, 0.4) is 0 Å². The van der Waals surface area contributed by atoms with E-state index in [1.807, 2.05) is 5.32 Å². The first-order valence-corrected chi connectivity index (χ1v) is 5.40. The number of nitrogens with two attached hydrogens (primary N) is 1. The van der Waals surface area contributed by atoms with Gasteiger partial charge in [0.05, 0.1) is 11.4 Å². The maximum absolute atomic E-state index is 13.4. The van der Waals surface area contributed by atoms with Crippen LogP contribution in [-0.4, -0.2) is 5.91 Å². The summed E-state index contributed by atoms with van der Waals surface area (Å²) < 4.78 is 53.1. The lowest BCUT2D eigenvalue weighted by Crippen LogP contribution is -2.17. The Morgan fingerprint density at radius 2 is 1.55 bits per heavy atom. The number of halogens is 4. The Labute approximate surface area is 111 Å². The van der Waals surface area contributed by atoms with Gasteiger partial charge in [0, 0.05) is 6.07 Å². The average Bonchev–Trinajstić information content (AvgIpc) is 2.35. The van der Waals surface area contributed by atoms with Crippen molar-refractivity contribution in [2.45, 2.75) is 0 Å². The minimum atomic E-state index is -1.20. The molecule has 0 aliphatic heterocycles. The molecule has 0 unspecified atom stereocenters. The van der Waals surface area contributed by atoms with Gasteiger partial charge in [-0.2, -0.15) is 0 Å². The molecule has 0 spiro atoms. The molecular formula is C13H8F4N2O. The van der Waals surface area contributed by atoms with Gasteiger partial charge in [-0.05, 0) is 18.2 Å². The third kappa shape index (κ3) is 2.56. The molecule has 2 aromatic carbocycles. The van der Waals surface area contributed by atoms with E-state index in [2.05, 4.69) is 0 Å². The molecule has 0 atom stereocenters. The first kappa shape index (κ1) is 13.9. The molecular weight excluding hydrogens is 276 g/mol. The summed E-state index contributed by atoms with van der Waals surface area (Å²) >= 11 is 0. The van der Waals surface area contributed by atoms with Crippen molar-refractivity contribution in [1.82, 2.24) is 0 Å². The van der Waals surface area contributed by atoms with E-state index < -0.39 is 46.1 Å². The maximum Gasteiger partial charge on any atom is 0.261 e. The van der Waals surface area contributed by atoms with E-state index in [1.165, 1.54) is 0 Å². The molecule has 0 saturated heterocycles. The van der Waals surface area contributed by atoms with E-state index in [4.69, 9.17) is 5.73 Å². The summed E-state index contributed by atoms with van der Waals surface area (Å²) in [5, 5.41) is 1.94. The van der Waals surface area contributed by atoms with Crippen LogP contribution in [0.5, 0.6) is 0 Å². The quantitative estimate of drug-likeness (QED) is 0.657. The molecule has 0 aliphatic carbocycles. The zero-order valence-electron chi connectivity index (χ0n) is 9.88. The number of carbonyl (C=O) groups is 1. The van der Waals surface area contributed by atoms with Crippen LogP contribution < -0.4 is 11.1 Å². The van der Waals surface area contributed by atoms with Crippen LogP contribution in [0.15, 0.2) is 30.3 Å². The predicted molar refractivity (Wildman–Crippen MR) is 65.1 cm³/mol. The van der Waals surface area contributed by atoms with Gasteiger partial charge in [0.15, 0.2) is 0 Å². The Kier molecular flexibility index (Phi) is 3.60. The third-order valence-corrected chi connectivity index (χ3v) is 2.52. The van der Waals surface area contributed by atoms with Crippen LogP contribution >= 0.6 is 0 Å². The molecule has 2 rings (SSSR count). The number of anilines is 2. The molecule has 3 N–H and O–H groups in total. The van der Waals surface area contributed by atoms with Gasteiger partial charge >= 0.3 is 0 Å². The summed E-state index contributed by atoms with van der Waals surface area (Å²) in [5.41, 5.74) is 3.47. The second kappa shape index (κ2) is 5.20. The Bertz CT molecular complexity index is 668. The van der Waals surface area contributed by atoms with Crippen LogP contribution in [0.25, 0.3) is 0 Å². The van der Waals surface area contributed by atoms with Gasteiger partial charge in [0.25, 0.3) is 5.91 Å². The predicted octanol–water partition coefficient (Wildman–Crippen LogP) is 3.08. The van der Waals surface area contributed by atoms with Gasteiger partial charge in [-0.3, -0.25) is 4.79 Å². The van der Waals surface area contributed by atoms with Crippen molar-refractivity contribution in [1.29, 1.82) is 0 Å². The van der Waals surface area contributed by atoms with Gasteiger partial charge in [0.1, 0.15) is 28.8 Å². The number of benzene rings is 2. The van der Waals surface area contributed by atoms with Crippen molar-refractivity contribution in [2.24, 2.45) is 0 Å². The third-order valence-electron chi connectivity index (χ3n) is 2.52. The van der Waals surface area contributed by atoms with Crippen molar-refractivity contribution in [3.05, 3.63) is 59.2 Å². The van der Waals surface area contributed by atoms with E-state index in [0.29, 0.717) is 6.07 Å². The molecule has 0 fully saturated rings. The fraction of sp³-hybridized carbons (Fsp3) is 0. The minimum absolute atomic E-state index is 0.407. The van der Waals surface area contributed by atoms with Gasteiger partial charge in [0.2, 0.25) is 0 Å². The number of carbonyl (C=O) groups excluding carboxylic acids is 1. The zero-order chi connectivity index (χ0) is 14.9. The molecule has 0 aliphatic rings. The molecule has 3 nitrogen and oxygen atoms in total. The Morgan fingerprint density at radius 1 is 0.950 bits per heavy atom. The van der Waals surface area contributed by atoms with E-state index in [9.17, 15) is 22.4 Å². The number of amides is 1. The van der Waals surface area contributed by atoms with Gasteiger partial charge in [-0.25, -0.2) is 17.6 Å². The maximum atomic E-state index is 13.4. The number of nitrogen functional groups attached to an aromatic ring is 1. The summed E-state index contributed by atoms with van der Waals surface area (Å²) in [7, 11) is 0. The number of hydrogen-bond acceptors (Lipinski definition) is 2. The summed E-state index contributed by atoms with van der Waals surface area (Å²) in [6.07, 6.45) is 0. The highest BCUT2D eigenvalue weighted by Crippen LogP contribution is 2.22. The van der Waals surface area contributed by atoms with Crippen LogP contribution in [0, 0.1) is 23.3 Å². The van der Waals surface area contributed by atoms with E-state index in [0.717, 1.165) is 24.3 Å². The van der Waals surface area contributed by atoms with Crippen molar-refractivity contribution >= 4 is 17.3 Å². The summed E-state index contributed by atoms with van der Waals surface area (Å²) in [6.45, 7) is 0. The minimum Gasteiger partial charge on any atom is -0.396 e. The monoisotopic (exact) mass is 284 g/mol. The fourth-order valence-corrected chi connectivity index (χ4v) is 1.56. The molecule has 104 valence electrons. The Morgan fingerprint density at radius 3 is 2.15 bits per heavy atom. The van der Waals surface area contributed by atoms with E-state index in [-0.39, 0.29) is 0 Å². The Hall–Kier alpha value is -2.57. The summed E-state index contributed by atoms with van der Waals surface area (Å²) in [4.78, 5) is 11.7. The topological polar surface area (TPSA) is 55.1 Å². The highest BCUT2D eigenvalue weighted by Gasteiger charge is 2.19. The lowest BCUT2D eigenvalue weighted by atomic mass is 10.1. The summed E-state index contributed by atoms with van der Waals surface area (Å²) in [6, 6.07) is 4.13. The largest absolute Gasteiger partial charge is 0.396 e. The van der Waals surface area contributed by atoms with Crippen molar-refractivity contribution in [2.75, 3.05) is 11.1 Å². The normalized spacial score (nSPS) is 10.4. The smallest absolute Gasteiger partial charge is 0.261 e. The van der Waals surface area contributed by atoms with Gasteiger partial charge < -0.3 is 11.1 Å². The van der Waals surface area contributed by atoms with E-state index >= 15 is 0 Å². The molecule has 0 saturated carbocycles. The zero-order valence-corrected chi connectivity index (χ0v) is 9.88. The lowest BCUT2D eigenvalue weighted by Gasteiger charge is -2.09. The first-order valence-electron chi connectivity index (χ1n) is 5.40. The molecule has 1 amide bonds. The first-order chi connectivity index (χ1) is 9.40. The van der Waals surface area contributed by atoms with Crippen LogP contribution in [-0.2, 0) is 0 Å².